The Balaban J connectivity index is 2.65. The van der Waals surface area contributed by atoms with E-state index < -0.39 is 6.04 Å². The molecule has 1 atom stereocenters. The number of nitrogens with zero attached hydrogens (tertiary/aromatic N) is 2. The number of hydrogen-bond donors (Lipinski definition) is 2. The average Bonchev–Trinajstić information content (AvgIpc) is 2.27. The number of benzene rings is 1. The van der Waals surface area contributed by atoms with E-state index in [4.69, 9.17) is 10.8 Å². The molecule has 1 heterocycles. The fraction of sp³-hybridized carbons (Fsp3) is 0.200. The molecule has 72 valence electrons. The fourth-order valence-corrected chi connectivity index (χ4v) is 1.41. The predicted octanol–water partition coefficient (Wildman–Crippen LogP) is 0.622. The highest BCUT2D eigenvalue weighted by molar-refractivity contribution is 5.77. The lowest BCUT2D eigenvalue weighted by atomic mass is 10.1. The first-order valence-corrected chi connectivity index (χ1v) is 4.39. The van der Waals surface area contributed by atoms with Gasteiger partial charge in [-0.05, 0) is 11.6 Å². The van der Waals surface area contributed by atoms with E-state index in [0.717, 1.165) is 16.6 Å². The third-order valence-corrected chi connectivity index (χ3v) is 2.13. The van der Waals surface area contributed by atoms with Crippen LogP contribution in [0, 0.1) is 0 Å². The lowest BCUT2D eigenvalue weighted by Crippen LogP contribution is -2.15. The van der Waals surface area contributed by atoms with Crippen molar-refractivity contribution in [3.63, 3.8) is 0 Å². The number of aromatic nitrogens is 2. The molecule has 0 saturated heterocycles. The van der Waals surface area contributed by atoms with E-state index in [-0.39, 0.29) is 6.61 Å². The molecule has 0 amide bonds. The Morgan fingerprint density at radius 3 is 2.86 bits per heavy atom. The van der Waals surface area contributed by atoms with E-state index >= 15 is 0 Å². The average molecular weight is 189 g/mol. The second-order valence-electron chi connectivity index (χ2n) is 3.06. The topological polar surface area (TPSA) is 72.0 Å². The number of fused-ring (bicyclic) bond motifs is 1. The highest BCUT2D eigenvalue weighted by Gasteiger charge is 2.09. The maximum absolute atomic E-state index is 8.97. The van der Waals surface area contributed by atoms with Crippen molar-refractivity contribution < 1.29 is 5.11 Å². The monoisotopic (exact) mass is 189 g/mol. The van der Waals surface area contributed by atoms with Gasteiger partial charge in [0.25, 0.3) is 0 Å². The van der Waals surface area contributed by atoms with Crippen molar-refractivity contribution in [2.45, 2.75) is 6.04 Å². The Hall–Kier alpha value is -1.52. The maximum atomic E-state index is 8.97. The molecule has 2 aromatic rings. The third-order valence-electron chi connectivity index (χ3n) is 2.13. The highest BCUT2D eigenvalue weighted by atomic mass is 16.3. The summed E-state index contributed by atoms with van der Waals surface area (Å²) in [5, 5.41) is 8.97. The van der Waals surface area contributed by atoms with Crippen LogP contribution in [0.25, 0.3) is 11.0 Å². The fourth-order valence-electron chi connectivity index (χ4n) is 1.41. The highest BCUT2D eigenvalue weighted by Crippen LogP contribution is 2.18. The molecule has 0 fully saturated rings. The Morgan fingerprint density at radius 2 is 2.07 bits per heavy atom. The van der Waals surface area contributed by atoms with Crippen LogP contribution in [-0.4, -0.2) is 21.7 Å². The zero-order valence-electron chi connectivity index (χ0n) is 7.59. The first-order chi connectivity index (χ1) is 6.83. The molecule has 4 nitrogen and oxygen atoms in total. The van der Waals surface area contributed by atoms with Gasteiger partial charge in [-0.2, -0.15) is 0 Å². The summed E-state index contributed by atoms with van der Waals surface area (Å²) in [7, 11) is 0. The number of hydrogen-bond acceptors (Lipinski definition) is 4. The van der Waals surface area contributed by atoms with Gasteiger partial charge in [-0.1, -0.05) is 12.1 Å². The summed E-state index contributed by atoms with van der Waals surface area (Å²) < 4.78 is 0. The summed E-state index contributed by atoms with van der Waals surface area (Å²) >= 11 is 0. The van der Waals surface area contributed by atoms with Gasteiger partial charge in [-0.25, -0.2) is 0 Å². The van der Waals surface area contributed by atoms with Gasteiger partial charge in [0.2, 0.25) is 0 Å². The molecule has 1 aromatic carbocycles. The molecule has 1 aromatic heterocycles. The van der Waals surface area contributed by atoms with Crippen molar-refractivity contribution in [1.29, 1.82) is 0 Å². The van der Waals surface area contributed by atoms with Crippen LogP contribution in [0.15, 0.2) is 30.6 Å². The number of aliphatic hydroxyl groups is 1. The summed E-state index contributed by atoms with van der Waals surface area (Å²) in [6, 6.07) is 5.20. The molecule has 0 aliphatic rings. The Kier molecular flexibility index (Phi) is 2.39. The quantitative estimate of drug-likeness (QED) is 0.726. The number of aliphatic hydroxyl groups excluding tert-OH is 1. The molecular weight excluding hydrogens is 178 g/mol. The van der Waals surface area contributed by atoms with Gasteiger partial charge in [0.1, 0.15) is 0 Å². The van der Waals surface area contributed by atoms with Gasteiger partial charge >= 0.3 is 0 Å². The molecule has 0 aliphatic heterocycles. The summed E-state index contributed by atoms with van der Waals surface area (Å²) in [5.74, 6) is 0. The Labute approximate surface area is 81.4 Å². The van der Waals surface area contributed by atoms with E-state index in [1.54, 1.807) is 12.4 Å². The van der Waals surface area contributed by atoms with Crippen LogP contribution in [0.1, 0.15) is 11.6 Å². The molecule has 0 radical (unpaired) electrons. The van der Waals surface area contributed by atoms with Crippen molar-refractivity contribution >= 4 is 11.0 Å². The van der Waals surface area contributed by atoms with Gasteiger partial charge in [0.15, 0.2) is 0 Å². The summed E-state index contributed by atoms with van der Waals surface area (Å²) in [4.78, 5) is 8.36. The lowest BCUT2D eigenvalue weighted by molar-refractivity contribution is 0.268. The van der Waals surface area contributed by atoms with Gasteiger partial charge < -0.3 is 10.8 Å². The molecule has 0 bridgehead atoms. The number of nitrogens with two attached hydrogens (primary N) is 1. The minimum Gasteiger partial charge on any atom is -0.394 e. The molecule has 4 heteroatoms. The standard InChI is InChI=1S/C10H11N3O/c11-8(6-14)7-2-1-3-9-10(7)13-5-4-12-9/h1-5,8,14H,6,11H2/t8-/m0/s1. The van der Waals surface area contributed by atoms with Crippen LogP contribution in [0.4, 0.5) is 0 Å². The molecular formula is C10H11N3O. The number of para-hydroxylation sites is 1. The first-order valence-electron chi connectivity index (χ1n) is 4.39. The normalized spacial score (nSPS) is 13.0. The molecule has 0 aliphatic carbocycles. The first kappa shape index (κ1) is 9.05. The van der Waals surface area contributed by atoms with Gasteiger partial charge in [-0.15, -0.1) is 0 Å². The van der Waals surface area contributed by atoms with Crippen LogP contribution in [0.3, 0.4) is 0 Å². The molecule has 0 spiro atoms. The third kappa shape index (κ3) is 1.45. The largest absolute Gasteiger partial charge is 0.394 e. The van der Waals surface area contributed by atoms with Crippen LogP contribution in [0.5, 0.6) is 0 Å². The summed E-state index contributed by atoms with van der Waals surface area (Å²) in [6.45, 7) is -0.0876. The Bertz CT molecular complexity index is 439. The smallest absolute Gasteiger partial charge is 0.0935 e. The van der Waals surface area contributed by atoms with Crippen LogP contribution in [-0.2, 0) is 0 Å². The molecule has 14 heavy (non-hydrogen) atoms. The zero-order chi connectivity index (χ0) is 9.97. The minimum absolute atomic E-state index is 0.0876. The maximum Gasteiger partial charge on any atom is 0.0935 e. The van der Waals surface area contributed by atoms with E-state index in [1.807, 2.05) is 18.2 Å². The zero-order valence-corrected chi connectivity index (χ0v) is 7.59. The van der Waals surface area contributed by atoms with E-state index in [1.165, 1.54) is 0 Å². The molecule has 0 unspecified atom stereocenters. The van der Waals surface area contributed by atoms with E-state index in [0.29, 0.717) is 0 Å². The minimum atomic E-state index is -0.393. The van der Waals surface area contributed by atoms with Crippen LogP contribution < -0.4 is 5.73 Å². The summed E-state index contributed by atoms with van der Waals surface area (Å²) in [6.07, 6.45) is 3.26. The Morgan fingerprint density at radius 1 is 1.29 bits per heavy atom. The van der Waals surface area contributed by atoms with Crippen molar-refractivity contribution in [2.75, 3.05) is 6.61 Å². The predicted molar refractivity (Wildman–Crippen MR) is 53.6 cm³/mol. The molecule has 3 N–H and O–H groups in total. The van der Waals surface area contributed by atoms with Crippen LogP contribution in [0.2, 0.25) is 0 Å². The van der Waals surface area contributed by atoms with Crippen molar-refractivity contribution in [3.8, 4) is 0 Å². The van der Waals surface area contributed by atoms with Crippen LogP contribution >= 0.6 is 0 Å². The van der Waals surface area contributed by atoms with Crippen molar-refractivity contribution in [3.05, 3.63) is 36.2 Å². The molecule has 0 saturated carbocycles. The second-order valence-corrected chi connectivity index (χ2v) is 3.06. The SMILES string of the molecule is N[C@@H](CO)c1cccc2nccnc12. The second kappa shape index (κ2) is 3.69. The number of rotatable bonds is 2. The van der Waals surface area contributed by atoms with Crippen molar-refractivity contribution in [2.24, 2.45) is 5.73 Å². The van der Waals surface area contributed by atoms with Crippen molar-refractivity contribution in [1.82, 2.24) is 9.97 Å². The van der Waals surface area contributed by atoms with Gasteiger partial charge in [-0.3, -0.25) is 9.97 Å². The molecule has 2 rings (SSSR count). The van der Waals surface area contributed by atoms with E-state index in [2.05, 4.69) is 9.97 Å². The summed E-state index contributed by atoms with van der Waals surface area (Å²) in [5.41, 5.74) is 8.13. The lowest BCUT2D eigenvalue weighted by Gasteiger charge is -2.09. The van der Waals surface area contributed by atoms with Gasteiger partial charge in [0, 0.05) is 12.4 Å². The van der Waals surface area contributed by atoms with E-state index in [9.17, 15) is 0 Å². The van der Waals surface area contributed by atoms with Gasteiger partial charge in [0.05, 0.1) is 23.7 Å².